The Balaban J connectivity index is 1.76. The van der Waals surface area contributed by atoms with Gasteiger partial charge in [0.1, 0.15) is 12.6 Å². The second-order valence-corrected chi connectivity index (χ2v) is 13.7. The Labute approximate surface area is 258 Å². The summed E-state index contributed by atoms with van der Waals surface area (Å²) in [4.78, 5) is 29.7. The quantitative estimate of drug-likeness (QED) is 0.279. The number of halogens is 2. The number of carbonyl (C=O) groups excluding carboxylic acids is 2. The Kier molecular flexibility index (Phi) is 10.6. The first-order valence-corrected chi connectivity index (χ1v) is 16.7. The number of nitrogens with zero attached hydrogens (tertiary/aromatic N) is 2. The van der Waals surface area contributed by atoms with E-state index in [4.69, 9.17) is 23.2 Å². The van der Waals surface area contributed by atoms with Crippen molar-refractivity contribution in [3.8, 4) is 0 Å². The Hall–Kier alpha value is -3.07. The summed E-state index contributed by atoms with van der Waals surface area (Å²) < 4.78 is 27.2. The van der Waals surface area contributed by atoms with Gasteiger partial charge < -0.3 is 10.2 Å². The number of hydrogen-bond donors (Lipinski definition) is 1. The molecule has 10 heteroatoms. The highest BCUT2D eigenvalue weighted by molar-refractivity contribution is 7.92. The van der Waals surface area contributed by atoms with E-state index >= 15 is 0 Å². The third kappa shape index (κ3) is 8.06. The number of aryl methyl sites for hydroxylation is 1. The van der Waals surface area contributed by atoms with Crippen LogP contribution in [0.1, 0.15) is 47.9 Å². The van der Waals surface area contributed by atoms with Gasteiger partial charge in [-0.3, -0.25) is 13.9 Å². The number of amides is 2. The van der Waals surface area contributed by atoms with Gasteiger partial charge in [0.2, 0.25) is 21.8 Å². The van der Waals surface area contributed by atoms with E-state index in [1.54, 1.807) is 30.3 Å². The van der Waals surface area contributed by atoms with E-state index in [-0.39, 0.29) is 24.9 Å². The molecule has 1 saturated carbocycles. The third-order valence-corrected chi connectivity index (χ3v) is 9.70. The van der Waals surface area contributed by atoms with E-state index in [1.807, 2.05) is 50.2 Å². The van der Waals surface area contributed by atoms with E-state index in [2.05, 4.69) is 5.32 Å². The van der Waals surface area contributed by atoms with Crippen LogP contribution in [0.25, 0.3) is 0 Å². The van der Waals surface area contributed by atoms with Gasteiger partial charge in [-0.05, 0) is 67.1 Å². The average Bonchev–Trinajstić information content (AvgIpc) is 3.46. The molecule has 0 heterocycles. The first-order chi connectivity index (χ1) is 19.9. The van der Waals surface area contributed by atoms with Gasteiger partial charge >= 0.3 is 0 Å². The maximum Gasteiger partial charge on any atom is 0.244 e. The van der Waals surface area contributed by atoms with Gasteiger partial charge in [-0.15, -0.1) is 0 Å². The summed E-state index contributed by atoms with van der Waals surface area (Å²) in [6.45, 7) is 3.29. The lowest BCUT2D eigenvalue weighted by Gasteiger charge is -2.34. The first kappa shape index (κ1) is 31.9. The largest absolute Gasteiger partial charge is 0.352 e. The zero-order valence-corrected chi connectivity index (χ0v) is 26.5. The highest BCUT2D eigenvalue weighted by Gasteiger charge is 2.34. The van der Waals surface area contributed by atoms with Crippen LogP contribution in [0.3, 0.4) is 0 Å². The topological polar surface area (TPSA) is 86.8 Å². The van der Waals surface area contributed by atoms with Crippen molar-refractivity contribution in [3.63, 3.8) is 0 Å². The minimum atomic E-state index is -3.85. The summed E-state index contributed by atoms with van der Waals surface area (Å²) in [5.41, 5.74) is 3.63. The molecule has 1 atom stereocenters. The molecule has 1 fully saturated rings. The van der Waals surface area contributed by atoms with Crippen LogP contribution in [0, 0.1) is 13.8 Å². The molecule has 0 saturated heterocycles. The van der Waals surface area contributed by atoms with Crippen LogP contribution in [0.4, 0.5) is 5.69 Å². The van der Waals surface area contributed by atoms with Crippen LogP contribution in [-0.4, -0.2) is 50.0 Å². The Bertz CT molecular complexity index is 1530. The molecule has 0 spiro atoms. The highest BCUT2D eigenvalue weighted by atomic mass is 35.5. The lowest BCUT2D eigenvalue weighted by Crippen LogP contribution is -2.54. The zero-order valence-electron chi connectivity index (χ0n) is 24.1. The summed E-state index contributed by atoms with van der Waals surface area (Å²) >= 11 is 12.5. The molecule has 7 nitrogen and oxygen atoms in total. The van der Waals surface area contributed by atoms with E-state index in [9.17, 15) is 18.0 Å². The van der Waals surface area contributed by atoms with Crippen LogP contribution >= 0.6 is 23.2 Å². The lowest BCUT2D eigenvalue weighted by atomic mass is 10.0. The Morgan fingerprint density at radius 2 is 1.62 bits per heavy atom. The lowest BCUT2D eigenvalue weighted by molar-refractivity contribution is -0.140. The number of benzene rings is 3. The molecule has 224 valence electrons. The van der Waals surface area contributed by atoms with Gasteiger partial charge in [-0.2, -0.15) is 0 Å². The Morgan fingerprint density at radius 3 is 2.26 bits per heavy atom. The molecule has 1 N–H and O–H groups in total. The van der Waals surface area contributed by atoms with Crippen molar-refractivity contribution in [2.24, 2.45) is 0 Å². The monoisotopic (exact) mass is 629 g/mol. The summed E-state index contributed by atoms with van der Waals surface area (Å²) in [6, 6.07) is 19.0. The second-order valence-electron chi connectivity index (χ2n) is 11.0. The summed E-state index contributed by atoms with van der Waals surface area (Å²) in [6.07, 6.45) is 5.20. The van der Waals surface area contributed by atoms with Crippen LogP contribution in [0.15, 0.2) is 66.7 Å². The van der Waals surface area contributed by atoms with Crippen molar-refractivity contribution in [3.05, 3.63) is 99.0 Å². The maximum atomic E-state index is 14.3. The fourth-order valence-corrected chi connectivity index (χ4v) is 6.58. The predicted octanol–water partition coefficient (Wildman–Crippen LogP) is 6.08. The Morgan fingerprint density at radius 1 is 0.929 bits per heavy atom. The second kappa shape index (κ2) is 13.9. The molecule has 0 aliphatic heterocycles. The number of sulfonamides is 1. The SMILES string of the molecule is Cc1cccc(N(CC(=O)N(Cc2ccc(Cl)c(Cl)c2)[C@@H](Cc2ccccc2)C(=O)NC2CCCC2)S(C)(=O)=O)c1C. The van der Waals surface area contributed by atoms with Crippen molar-refractivity contribution in [2.45, 2.75) is 64.6 Å². The molecule has 1 aliphatic rings. The minimum Gasteiger partial charge on any atom is -0.352 e. The molecule has 3 aromatic carbocycles. The van der Waals surface area contributed by atoms with Gasteiger partial charge in [0.25, 0.3) is 0 Å². The third-order valence-electron chi connectivity index (χ3n) is 7.83. The van der Waals surface area contributed by atoms with Gasteiger partial charge in [0.15, 0.2) is 0 Å². The minimum absolute atomic E-state index is 0.0374. The van der Waals surface area contributed by atoms with E-state index in [1.165, 1.54) is 4.90 Å². The fraction of sp³-hybridized carbons (Fsp3) is 0.375. The number of rotatable bonds is 11. The molecule has 0 unspecified atom stereocenters. The first-order valence-electron chi connectivity index (χ1n) is 14.1. The fourth-order valence-electron chi connectivity index (χ4n) is 5.36. The molecule has 0 aromatic heterocycles. The zero-order chi connectivity index (χ0) is 30.4. The molecular formula is C32H37Cl2N3O4S. The van der Waals surface area contributed by atoms with Crippen molar-refractivity contribution in [2.75, 3.05) is 17.1 Å². The highest BCUT2D eigenvalue weighted by Crippen LogP contribution is 2.27. The van der Waals surface area contributed by atoms with Gasteiger partial charge in [0.05, 0.1) is 22.0 Å². The summed E-state index contributed by atoms with van der Waals surface area (Å²) in [5, 5.41) is 3.86. The normalized spacial score (nSPS) is 14.4. The predicted molar refractivity (Wildman–Crippen MR) is 169 cm³/mol. The van der Waals surface area contributed by atoms with Crippen LogP contribution in [0.5, 0.6) is 0 Å². The van der Waals surface area contributed by atoms with E-state index in [0.29, 0.717) is 21.3 Å². The molecule has 0 bridgehead atoms. The molecule has 42 heavy (non-hydrogen) atoms. The molecule has 0 radical (unpaired) electrons. The standard InChI is InChI=1S/C32H37Cl2N3O4S/c1-22-10-9-15-29(23(22)2)37(42(3,40)41)21-31(38)36(20-25-16-17-27(33)28(34)18-25)30(19-24-11-5-4-6-12-24)32(39)35-26-13-7-8-14-26/h4-6,9-12,15-18,26,30H,7-8,13-14,19-21H2,1-3H3,(H,35,39)/t30-/m0/s1. The molecule has 4 rings (SSSR count). The molecular weight excluding hydrogens is 593 g/mol. The van der Waals surface area contributed by atoms with E-state index < -0.39 is 28.5 Å². The number of nitrogens with one attached hydrogen (secondary N) is 1. The smallest absolute Gasteiger partial charge is 0.244 e. The molecule has 1 aliphatic carbocycles. The molecule has 2 amide bonds. The van der Waals surface area contributed by atoms with Crippen LogP contribution in [0.2, 0.25) is 10.0 Å². The average molecular weight is 631 g/mol. The van der Waals surface area contributed by atoms with Gasteiger partial charge in [-0.1, -0.05) is 84.6 Å². The van der Waals surface area contributed by atoms with Crippen molar-refractivity contribution in [1.82, 2.24) is 10.2 Å². The van der Waals surface area contributed by atoms with Crippen molar-refractivity contribution >= 4 is 50.7 Å². The van der Waals surface area contributed by atoms with Crippen LogP contribution < -0.4 is 9.62 Å². The number of hydrogen-bond acceptors (Lipinski definition) is 4. The van der Waals surface area contributed by atoms with E-state index in [0.717, 1.165) is 52.9 Å². The van der Waals surface area contributed by atoms with Crippen LogP contribution in [-0.2, 0) is 32.6 Å². The van der Waals surface area contributed by atoms with Crippen molar-refractivity contribution < 1.29 is 18.0 Å². The van der Waals surface area contributed by atoms with Gasteiger partial charge in [0, 0.05) is 19.0 Å². The van der Waals surface area contributed by atoms with Crippen molar-refractivity contribution in [1.29, 1.82) is 0 Å². The maximum absolute atomic E-state index is 14.3. The summed E-state index contributed by atoms with van der Waals surface area (Å²) in [5.74, 6) is -0.772. The number of anilines is 1. The van der Waals surface area contributed by atoms with Gasteiger partial charge in [-0.25, -0.2) is 8.42 Å². The summed E-state index contributed by atoms with van der Waals surface area (Å²) in [7, 11) is -3.85. The number of carbonyl (C=O) groups is 2. The molecule has 3 aromatic rings.